The van der Waals surface area contributed by atoms with Crippen molar-refractivity contribution in [2.75, 3.05) is 14.2 Å². The lowest BCUT2D eigenvalue weighted by atomic mass is 10.2. The highest BCUT2D eigenvalue weighted by Gasteiger charge is 2.14. The van der Waals surface area contributed by atoms with Crippen molar-refractivity contribution in [1.82, 2.24) is 15.2 Å². The fraction of sp³-hybridized carbons (Fsp3) is 0.182. The average molecular weight is 233 g/mol. The van der Waals surface area contributed by atoms with E-state index in [0.29, 0.717) is 17.1 Å². The number of nitrogens with one attached hydrogen (secondary N) is 1. The van der Waals surface area contributed by atoms with Crippen molar-refractivity contribution in [3.05, 3.63) is 30.1 Å². The molecule has 17 heavy (non-hydrogen) atoms. The summed E-state index contributed by atoms with van der Waals surface area (Å²) in [7, 11) is 2.86. The van der Waals surface area contributed by atoms with Gasteiger partial charge in [-0.05, 0) is 12.1 Å². The standard InChI is InChI=1S/C11H11N3O3/c1-16-9-4-3-5-12-10(9)7-6-8(14-13-7)11(15)17-2/h3-6H,1-2H3,(H,13,14). The van der Waals surface area contributed by atoms with Gasteiger partial charge in [0.15, 0.2) is 0 Å². The maximum absolute atomic E-state index is 11.3. The van der Waals surface area contributed by atoms with E-state index in [-0.39, 0.29) is 5.69 Å². The van der Waals surface area contributed by atoms with Gasteiger partial charge in [0.1, 0.15) is 22.8 Å². The maximum atomic E-state index is 11.3. The highest BCUT2D eigenvalue weighted by Crippen LogP contribution is 2.25. The number of carbonyl (C=O) groups is 1. The Balaban J connectivity index is 2.40. The molecule has 0 unspecified atom stereocenters. The molecule has 6 heteroatoms. The Morgan fingerprint density at radius 3 is 2.94 bits per heavy atom. The number of methoxy groups -OCH3 is 2. The minimum absolute atomic E-state index is 0.273. The van der Waals surface area contributed by atoms with Gasteiger partial charge in [-0.3, -0.25) is 10.1 Å². The smallest absolute Gasteiger partial charge is 0.356 e. The second-order valence-electron chi connectivity index (χ2n) is 3.21. The number of nitrogens with zero attached hydrogens (tertiary/aromatic N) is 2. The number of aromatic nitrogens is 3. The summed E-state index contributed by atoms with van der Waals surface area (Å²) >= 11 is 0. The second kappa shape index (κ2) is 4.65. The largest absolute Gasteiger partial charge is 0.494 e. The summed E-state index contributed by atoms with van der Waals surface area (Å²) in [5, 5.41) is 6.58. The molecule has 0 amide bonds. The molecular formula is C11H11N3O3. The van der Waals surface area contributed by atoms with E-state index in [4.69, 9.17) is 4.74 Å². The lowest BCUT2D eigenvalue weighted by Crippen LogP contribution is -2.00. The van der Waals surface area contributed by atoms with Crippen LogP contribution in [0.3, 0.4) is 0 Å². The van der Waals surface area contributed by atoms with Crippen LogP contribution in [0.1, 0.15) is 10.5 Å². The van der Waals surface area contributed by atoms with Crippen molar-refractivity contribution < 1.29 is 14.3 Å². The number of rotatable bonds is 3. The van der Waals surface area contributed by atoms with E-state index >= 15 is 0 Å². The van der Waals surface area contributed by atoms with Gasteiger partial charge in [-0.25, -0.2) is 4.79 Å². The molecule has 0 radical (unpaired) electrons. The molecule has 2 rings (SSSR count). The third-order valence-electron chi connectivity index (χ3n) is 2.22. The number of esters is 1. The fourth-order valence-electron chi connectivity index (χ4n) is 1.41. The van der Waals surface area contributed by atoms with Crippen LogP contribution >= 0.6 is 0 Å². The lowest BCUT2D eigenvalue weighted by molar-refractivity contribution is 0.0594. The molecular weight excluding hydrogens is 222 g/mol. The predicted molar refractivity (Wildman–Crippen MR) is 59.7 cm³/mol. The topological polar surface area (TPSA) is 77.1 Å². The summed E-state index contributed by atoms with van der Waals surface area (Å²) in [6, 6.07) is 5.10. The molecule has 0 saturated heterocycles. The first kappa shape index (κ1) is 11.1. The molecule has 0 saturated carbocycles. The zero-order valence-corrected chi connectivity index (χ0v) is 9.43. The second-order valence-corrected chi connectivity index (χ2v) is 3.21. The number of pyridine rings is 1. The van der Waals surface area contributed by atoms with Gasteiger partial charge in [-0.1, -0.05) is 0 Å². The van der Waals surface area contributed by atoms with Crippen LogP contribution in [0.5, 0.6) is 5.75 Å². The fourth-order valence-corrected chi connectivity index (χ4v) is 1.41. The van der Waals surface area contributed by atoms with Gasteiger partial charge in [-0.15, -0.1) is 0 Å². The third kappa shape index (κ3) is 2.10. The Labute approximate surface area is 97.6 Å². The summed E-state index contributed by atoms with van der Waals surface area (Å²) in [5.74, 6) is 0.120. The van der Waals surface area contributed by atoms with Crippen LogP contribution in [0, 0.1) is 0 Å². The number of ether oxygens (including phenoxy) is 2. The van der Waals surface area contributed by atoms with E-state index in [0.717, 1.165) is 0 Å². The van der Waals surface area contributed by atoms with E-state index in [1.54, 1.807) is 31.5 Å². The monoisotopic (exact) mass is 233 g/mol. The molecule has 0 aliphatic carbocycles. The van der Waals surface area contributed by atoms with Crippen molar-refractivity contribution in [1.29, 1.82) is 0 Å². The van der Waals surface area contributed by atoms with Crippen LogP contribution in [0.25, 0.3) is 11.4 Å². The zero-order valence-electron chi connectivity index (χ0n) is 9.43. The Kier molecular flexibility index (Phi) is 3.04. The normalized spacial score (nSPS) is 10.0. The lowest BCUT2D eigenvalue weighted by Gasteiger charge is -2.03. The van der Waals surface area contributed by atoms with Crippen molar-refractivity contribution in [2.45, 2.75) is 0 Å². The van der Waals surface area contributed by atoms with Crippen LogP contribution in [0.2, 0.25) is 0 Å². The molecule has 0 atom stereocenters. The summed E-state index contributed by atoms with van der Waals surface area (Å²) in [6.45, 7) is 0. The van der Waals surface area contributed by atoms with Gasteiger partial charge < -0.3 is 9.47 Å². The molecule has 0 aromatic carbocycles. The van der Waals surface area contributed by atoms with Crippen molar-refractivity contribution in [2.24, 2.45) is 0 Å². The van der Waals surface area contributed by atoms with E-state index < -0.39 is 5.97 Å². The number of hydrogen-bond acceptors (Lipinski definition) is 5. The quantitative estimate of drug-likeness (QED) is 0.808. The predicted octanol–water partition coefficient (Wildman–Crippen LogP) is 1.27. The molecule has 6 nitrogen and oxygen atoms in total. The van der Waals surface area contributed by atoms with Crippen LogP contribution in [0.4, 0.5) is 0 Å². The summed E-state index contributed by atoms with van der Waals surface area (Å²) in [4.78, 5) is 15.4. The van der Waals surface area contributed by atoms with Crippen molar-refractivity contribution >= 4 is 5.97 Å². The van der Waals surface area contributed by atoms with Crippen molar-refractivity contribution in [3.63, 3.8) is 0 Å². The SMILES string of the molecule is COC(=O)c1cc(-c2ncccc2OC)n[nH]1. The van der Waals surface area contributed by atoms with Gasteiger partial charge in [-0.2, -0.15) is 5.10 Å². The molecule has 2 heterocycles. The van der Waals surface area contributed by atoms with E-state index in [1.807, 2.05) is 0 Å². The van der Waals surface area contributed by atoms with Gasteiger partial charge in [0.25, 0.3) is 0 Å². The van der Waals surface area contributed by atoms with E-state index in [2.05, 4.69) is 19.9 Å². The maximum Gasteiger partial charge on any atom is 0.356 e. The molecule has 2 aromatic heterocycles. The Bertz CT molecular complexity index is 536. The first-order valence-electron chi connectivity index (χ1n) is 4.89. The van der Waals surface area contributed by atoms with Gasteiger partial charge in [0.2, 0.25) is 0 Å². The molecule has 0 bridgehead atoms. The third-order valence-corrected chi connectivity index (χ3v) is 2.22. The van der Waals surface area contributed by atoms with Crippen molar-refractivity contribution in [3.8, 4) is 17.1 Å². The molecule has 0 aliphatic heterocycles. The van der Waals surface area contributed by atoms with E-state index in [1.165, 1.54) is 7.11 Å². The van der Waals surface area contributed by atoms with Crippen LogP contribution in [-0.4, -0.2) is 35.4 Å². The highest BCUT2D eigenvalue weighted by atomic mass is 16.5. The van der Waals surface area contributed by atoms with Gasteiger partial charge in [0, 0.05) is 12.3 Å². The van der Waals surface area contributed by atoms with Gasteiger partial charge in [0.05, 0.1) is 14.2 Å². The Morgan fingerprint density at radius 1 is 1.41 bits per heavy atom. The minimum Gasteiger partial charge on any atom is -0.494 e. The molecule has 88 valence electrons. The molecule has 0 spiro atoms. The molecule has 0 aliphatic rings. The summed E-state index contributed by atoms with van der Waals surface area (Å²) in [5.41, 5.74) is 1.37. The zero-order chi connectivity index (χ0) is 12.3. The summed E-state index contributed by atoms with van der Waals surface area (Å²) < 4.78 is 9.74. The molecule has 2 aromatic rings. The number of hydrogen-bond donors (Lipinski definition) is 1. The first-order chi connectivity index (χ1) is 8.26. The first-order valence-corrected chi connectivity index (χ1v) is 4.89. The van der Waals surface area contributed by atoms with Crippen LogP contribution < -0.4 is 4.74 Å². The van der Waals surface area contributed by atoms with Gasteiger partial charge >= 0.3 is 5.97 Å². The summed E-state index contributed by atoms with van der Waals surface area (Å²) in [6.07, 6.45) is 1.63. The van der Waals surface area contributed by atoms with Crippen LogP contribution in [0.15, 0.2) is 24.4 Å². The number of carbonyl (C=O) groups excluding carboxylic acids is 1. The highest BCUT2D eigenvalue weighted by molar-refractivity contribution is 5.88. The van der Waals surface area contributed by atoms with Crippen LogP contribution in [-0.2, 0) is 4.74 Å². The minimum atomic E-state index is -0.473. The molecule has 1 N–H and O–H groups in total. The number of H-pyrrole nitrogens is 1. The Hall–Kier alpha value is -2.37. The average Bonchev–Trinajstić information content (AvgIpc) is 2.87. The molecule has 0 fully saturated rings. The Morgan fingerprint density at radius 2 is 2.24 bits per heavy atom. The number of aromatic amines is 1. The van der Waals surface area contributed by atoms with E-state index in [9.17, 15) is 4.79 Å².